The van der Waals surface area contributed by atoms with Crippen molar-refractivity contribution in [2.45, 2.75) is 13.5 Å². The third kappa shape index (κ3) is 4.52. The molecular weight excluding hydrogens is 334 g/mol. The fourth-order valence-electron chi connectivity index (χ4n) is 3.26. The summed E-state index contributed by atoms with van der Waals surface area (Å²) in [7, 11) is 0. The maximum absolute atomic E-state index is 12.6. The van der Waals surface area contributed by atoms with Crippen molar-refractivity contribution in [1.82, 2.24) is 4.90 Å². The van der Waals surface area contributed by atoms with Crippen molar-refractivity contribution in [2.24, 2.45) is 0 Å². The first kappa shape index (κ1) is 17.8. The first-order valence-electron chi connectivity index (χ1n) is 8.84. The van der Waals surface area contributed by atoms with Gasteiger partial charge in [-0.15, -0.1) is 11.3 Å². The SMILES string of the molecule is CCN(Cc1cccs1)C(=O)C[NH+]1CCN(c2ccccc2O)CC1. The van der Waals surface area contributed by atoms with E-state index in [0.717, 1.165) is 38.4 Å². The van der Waals surface area contributed by atoms with Crippen molar-refractivity contribution in [2.75, 3.05) is 44.2 Å². The quantitative estimate of drug-likeness (QED) is 0.814. The molecule has 1 aliphatic rings. The Morgan fingerprint density at radius 2 is 2.00 bits per heavy atom. The Morgan fingerprint density at radius 1 is 1.24 bits per heavy atom. The Kier molecular flexibility index (Phi) is 5.94. The van der Waals surface area contributed by atoms with E-state index in [0.29, 0.717) is 18.8 Å². The monoisotopic (exact) mass is 360 g/mol. The van der Waals surface area contributed by atoms with Crippen molar-refractivity contribution in [3.05, 3.63) is 46.7 Å². The van der Waals surface area contributed by atoms with Crippen LogP contribution >= 0.6 is 11.3 Å². The summed E-state index contributed by atoms with van der Waals surface area (Å²) in [6.07, 6.45) is 0. The molecule has 5 nitrogen and oxygen atoms in total. The number of hydrogen-bond donors (Lipinski definition) is 2. The molecule has 1 saturated heterocycles. The van der Waals surface area contributed by atoms with Gasteiger partial charge in [-0.3, -0.25) is 4.79 Å². The first-order valence-corrected chi connectivity index (χ1v) is 9.72. The number of nitrogens with one attached hydrogen (secondary N) is 1. The molecular formula is C19H26N3O2S+. The summed E-state index contributed by atoms with van der Waals surface area (Å²) in [4.78, 5) is 19.3. The minimum atomic E-state index is 0.224. The van der Waals surface area contributed by atoms with Crippen LogP contribution in [0.1, 0.15) is 11.8 Å². The number of anilines is 1. The average Bonchev–Trinajstić information content (AvgIpc) is 3.14. The Labute approximate surface area is 153 Å². The molecule has 0 unspecified atom stereocenters. The van der Waals surface area contributed by atoms with E-state index in [4.69, 9.17) is 0 Å². The van der Waals surface area contributed by atoms with Crippen LogP contribution < -0.4 is 9.80 Å². The zero-order valence-corrected chi connectivity index (χ0v) is 15.5. The molecule has 1 fully saturated rings. The Balaban J connectivity index is 1.51. The largest absolute Gasteiger partial charge is 0.506 e. The first-order chi connectivity index (χ1) is 12.2. The highest BCUT2D eigenvalue weighted by molar-refractivity contribution is 7.09. The van der Waals surface area contributed by atoms with Gasteiger partial charge < -0.3 is 19.8 Å². The van der Waals surface area contributed by atoms with Gasteiger partial charge in [-0.25, -0.2) is 0 Å². The van der Waals surface area contributed by atoms with Gasteiger partial charge in [0.2, 0.25) is 0 Å². The summed E-state index contributed by atoms with van der Waals surface area (Å²) in [5.41, 5.74) is 0.890. The van der Waals surface area contributed by atoms with Crippen molar-refractivity contribution in [3.8, 4) is 5.75 Å². The number of amides is 1. The molecule has 1 aromatic carbocycles. The number of rotatable bonds is 6. The number of nitrogens with zero attached hydrogens (tertiary/aromatic N) is 2. The van der Waals surface area contributed by atoms with Crippen molar-refractivity contribution >= 4 is 22.9 Å². The number of likely N-dealkylation sites (N-methyl/N-ethyl adjacent to an activating group) is 1. The molecule has 2 heterocycles. The van der Waals surface area contributed by atoms with Gasteiger partial charge in [0.25, 0.3) is 5.91 Å². The van der Waals surface area contributed by atoms with E-state index in [1.807, 2.05) is 36.1 Å². The van der Waals surface area contributed by atoms with Gasteiger partial charge in [-0.05, 0) is 30.5 Å². The number of carbonyl (C=O) groups is 1. The summed E-state index contributed by atoms with van der Waals surface area (Å²) in [5.74, 6) is 0.553. The van der Waals surface area contributed by atoms with E-state index in [9.17, 15) is 9.90 Å². The molecule has 0 atom stereocenters. The number of benzene rings is 1. The number of quaternary nitrogens is 1. The summed E-state index contributed by atoms with van der Waals surface area (Å²) in [6, 6.07) is 11.6. The number of para-hydroxylation sites is 2. The molecule has 2 aromatic rings. The van der Waals surface area contributed by atoms with Crippen LogP contribution in [0.25, 0.3) is 0 Å². The lowest BCUT2D eigenvalue weighted by atomic mass is 10.2. The summed E-state index contributed by atoms with van der Waals surface area (Å²) < 4.78 is 0. The van der Waals surface area contributed by atoms with Gasteiger partial charge in [-0.1, -0.05) is 18.2 Å². The molecule has 0 bridgehead atoms. The van der Waals surface area contributed by atoms with Gasteiger partial charge in [0, 0.05) is 11.4 Å². The minimum Gasteiger partial charge on any atom is -0.506 e. The number of hydrogen-bond acceptors (Lipinski definition) is 4. The highest BCUT2D eigenvalue weighted by atomic mass is 32.1. The predicted octanol–water partition coefficient (Wildman–Crippen LogP) is 1.21. The van der Waals surface area contributed by atoms with E-state index in [-0.39, 0.29) is 5.91 Å². The molecule has 0 aliphatic carbocycles. The Morgan fingerprint density at radius 3 is 2.64 bits per heavy atom. The van der Waals surface area contributed by atoms with Crippen molar-refractivity contribution in [3.63, 3.8) is 0 Å². The summed E-state index contributed by atoms with van der Waals surface area (Å²) >= 11 is 1.70. The smallest absolute Gasteiger partial charge is 0.278 e. The number of phenolic OH excluding ortho intramolecular Hbond substituents is 1. The van der Waals surface area contributed by atoms with Crippen LogP contribution in [0.4, 0.5) is 5.69 Å². The molecule has 2 N–H and O–H groups in total. The molecule has 25 heavy (non-hydrogen) atoms. The maximum atomic E-state index is 12.6. The topological polar surface area (TPSA) is 48.2 Å². The molecule has 0 saturated carbocycles. The number of aromatic hydroxyl groups is 1. The molecule has 1 amide bonds. The number of phenols is 1. The average molecular weight is 361 g/mol. The van der Waals surface area contributed by atoms with Crippen LogP contribution in [-0.4, -0.2) is 55.2 Å². The van der Waals surface area contributed by atoms with E-state index in [1.165, 1.54) is 9.78 Å². The molecule has 0 radical (unpaired) electrons. The van der Waals surface area contributed by atoms with Crippen LogP contribution in [0.3, 0.4) is 0 Å². The number of thiophene rings is 1. The normalized spacial score (nSPS) is 15.3. The fraction of sp³-hybridized carbons (Fsp3) is 0.421. The van der Waals surface area contributed by atoms with Crippen LogP contribution in [0.2, 0.25) is 0 Å². The zero-order chi connectivity index (χ0) is 17.6. The van der Waals surface area contributed by atoms with Crippen LogP contribution in [0.15, 0.2) is 41.8 Å². The predicted molar refractivity (Wildman–Crippen MR) is 101 cm³/mol. The lowest BCUT2D eigenvalue weighted by molar-refractivity contribution is -0.892. The lowest BCUT2D eigenvalue weighted by Gasteiger charge is -2.34. The molecule has 1 aromatic heterocycles. The second-order valence-electron chi connectivity index (χ2n) is 6.39. The van der Waals surface area contributed by atoms with Gasteiger partial charge in [-0.2, -0.15) is 0 Å². The highest BCUT2D eigenvalue weighted by Crippen LogP contribution is 2.25. The van der Waals surface area contributed by atoms with E-state index in [1.54, 1.807) is 17.4 Å². The molecule has 6 heteroatoms. The van der Waals surface area contributed by atoms with Gasteiger partial charge in [0.05, 0.1) is 38.4 Å². The minimum absolute atomic E-state index is 0.224. The van der Waals surface area contributed by atoms with Crippen LogP contribution in [0, 0.1) is 0 Å². The molecule has 3 rings (SSSR count). The molecule has 134 valence electrons. The maximum Gasteiger partial charge on any atom is 0.278 e. The van der Waals surface area contributed by atoms with Crippen molar-refractivity contribution in [1.29, 1.82) is 0 Å². The molecule has 0 spiro atoms. The molecule has 1 aliphatic heterocycles. The van der Waals surface area contributed by atoms with Gasteiger partial charge in [0.15, 0.2) is 6.54 Å². The number of piperazine rings is 1. The highest BCUT2D eigenvalue weighted by Gasteiger charge is 2.25. The number of carbonyl (C=O) groups excluding carboxylic acids is 1. The Hall–Kier alpha value is -2.05. The Bertz CT molecular complexity index is 682. The lowest BCUT2D eigenvalue weighted by Crippen LogP contribution is -3.15. The third-order valence-corrected chi connectivity index (χ3v) is 5.62. The van der Waals surface area contributed by atoms with E-state index >= 15 is 0 Å². The van der Waals surface area contributed by atoms with E-state index < -0.39 is 0 Å². The zero-order valence-electron chi connectivity index (χ0n) is 14.6. The second-order valence-corrected chi connectivity index (χ2v) is 7.42. The standard InChI is InChI=1S/C19H25N3O2S/c1-2-21(14-16-6-5-13-25-16)19(24)15-20-9-11-22(12-10-20)17-7-3-4-8-18(17)23/h3-8,13,23H,2,9-12,14-15H2,1H3/p+1. The van der Waals surface area contributed by atoms with E-state index in [2.05, 4.69) is 16.3 Å². The fourth-order valence-corrected chi connectivity index (χ4v) is 3.98. The van der Waals surface area contributed by atoms with Crippen LogP contribution in [0.5, 0.6) is 5.75 Å². The van der Waals surface area contributed by atoms with Gasteiger partial charge in [0.1, 0.15) is 5.75 Å². The summed E-state index contributed by atoms with van der Waals surface area (Å²) in [5, 5.41) is 12.0. The second kappa shape index (κ2) is 8.36. The van der Waals surface area contributed by atoms with Crippen molar-refractivity contribution < 1.29 is 14.8 Å². The third-order valence-electron chi connectivity index (χ3n) is 4.76. The summed E-state index contributed by atoms with van der Waals surface area (Å²) in [6.45, 7) is 7.59. The van der Waals surface area contributed by atoms with Crippen LogP contribution in [-0.2, 0) is 11.3 Å². The van der Waals surface area contributed by atoms with Gasteiger partial charge >= 0.3 is 0 Å².